The third-order valence-electron chi connectivity index (χ3n) is 7.03. The highest BCUT2D eigenvalue weighted by atomic mass is 32.2. The molecule has 3 aromatic rings. The number of benzene rings is 2. The number of thiophene rings is 1. The predicted octanol–water partition coefficient (Wildman–Crippen LogP) is 6.82. The summed E-state index contributed by atoms with van der Waals surface area (Å²) in [5.41, 5.74) is 2.28. The van der Waals surface area contributed by atoms with Crippen molar-refractivity contribution in [3.63, 3.8) is 0 Å². The van der Waals surface area contributed by atoms with E-state index in [0.717, 1.165) is 34.6 Å². The number of anilines is 2. The Morgan fingerprint density at radius 1 is 1.07 bits per heavy atom. The van der Waals surface area contributed by atoms with Crippen LogP contribution in [0.5, 0.6) is 5.75 Å². The SMILES string of the molecule is COC(=O)c1c(NC(=O)C(C)Sc2cccc(NC(=O)COc3ccccc3)c2)sc2c1CCC(C(C)(C)C)C2. The van der Waals surface area contributed by atoms with E-state index < -0.39 is 11.2 Å². The van der Waals surface area contributed by atoms with Crippen molar-refractivity contribution in [1.82, 2.24) is 0 Å². The number of fused-ring (bicyclic) bond motifs is 1. The Bertz CT molecular complexity index is 1360. The Morgan fingerprint density at radius 2 is 1.82 bits per heavy atom. The molecule has 212 valence electrons. The quantitative estimate of drug-likeness (QED) is 0.213. The van der Waals surface area contributed by atoms with Crippen molar-refractivity contribution >= 4 is 51.6 Å². The van der Waals surface area contributed by atoms with Crippen LogP contribution in [0, 0.1) is 11.3 Å². The van der Waals surface area contributed by atoms with Crippen molar-refractivity contribution < 1.29 is 23.9 Å². The van der Waals surface area contributed by atoms with Gasteiger partial charge in [-0.25, -0.2) is 4.79 Å². The molecular formula is C31H36N2O5S2. The van der Waals surface area contributed by atoms with Crippen LogP contribution < -0.4 is 15.4 Å². The van der Waals surface area contributed by atoms with Crippen molar-refractivity contribution in [3.8, 4) is 5.75 Å². The van der Waals surface area contributed by atoms with E-state index >= 15 is 0 Å². The first-order valence-corrected chi connectivity index (χ1v) is 15.0. The average Bonchev–Trinajstić information content (AvgIpc) is 3.28. The second-order valence-electron chi connectivity index (χ2n) is 10.9. The molecule has 1 aliphatic carbocycles. The Morgan fingerprint density at radius 3 is 2.52 bits per heavy atom. The maximum atomic E-state index is 13.2. The molecule has 7 nitrogen and oxygen atoms in total. The minimum Gasteiger partial charge on any atom is -0.484 e. The van der Waals surface area contributed by atoms with E-state index in [-0.39, 0.29) is 23.8 Å². The molecule has 2 atom stereocenters. The molecule has 0 saturated heterocycles. The van der Waals surface area contributed by atoms with Gasteiger partial charge in [0.2, 0.25) is 5.91 Å². The third-order valence-corrected chi connectivity index (χ3v) is 9.29. The summed E-state index contributed by atoms with van der Waals surface area (Å²) in [6, 6.07) is 16.5. The maximum absolute atomic E-state index is 13.2. The molecule has 0 aliphatic heterocycles. The number of amides is 2. The van der Waals surface area contributed by atoms with E-state index in [9.17, 15) is 14.4 Å². The summed E-state index contributed by atoms with van der Waals surface area (Å²) < 4.78 is 10.6. The largest absolute Gasteiger partial charge is 0.484 e. The third kappa shape index (κ3) is 7.46. The summed E-state index contributed by atoms with van der Waals surface area (Å²) in [5, 5.41) is 5.96. The summed E-state index contributed by atoms with van der Waals surface area (Å²) >= 11 is 2.86. The minimum atomic E-state index is -0.445. The Kier molecular flexibility index (Phi) is 9.58. The summed E-state index contributed by atoms with van der Waals surface area (Å²) in [4.78, 5) is 40.3. The van der Waals surface area contributed by atoms with Crippen LogP contribution in [0.1, 0.15) is 54.9 Å². The van der Waals surface area contributed by atoms with E-state index in [1.165, 1.54) is 30.2 Å². The first kappa shape index (κ1) is 29.7. The van der Waals surface area contributed by atoms with E-state index in [0.29, 0.717) is 27.9 Å². The molecule has 1 aromatic heterocycles. The number of esters is 1. The van der Waals surface area contributed by atoms with Gasteiger partial charge in [-0.15, -0.1) is 23.1 Å². The zero-order valence-corrected chi connectivity index (χ0v) is 25.2. The number of carbonyl (C=O) groups excluding carboxylic acids is 3. The molecular weight excluding hydrogens is 544 g/mol. The number of thioether (sulfide) groups is 1. The average molecular weight is 581 g/mol. The van der Waals surface area contributed by atoms with Crippen LogP contribution >= 0.6 is 23.1 Å². The van der Waals surface area contributed by atoms with Crippen LogP contribution in [0.25, 0.3) is 0 Å². The minimum absolute atomic E-state index is 0.107. The summed E-state index contributed by atoms with van der Waals surface area (Å²) in [6.07, 6.45) is 2.69. The number of ether oxygens (including phenoxy) is 2. The molecule has 0 bridgehead atoms. The molecule has 2 N–H and O–H groups in total. The molecule has 0 spiro atoms. The van der Waals surface area contributed by atoms with Gasteiger partial charge < -0.3 is 20.1 Å². The fraction of sp³-hybridized carbons (Fsp3) is 0.387. The van der Waals surface area contributed by atoms with Gasteiger partial charge in [-0.1, -0.05) is 45.0 Å². The molecule has 40 heavy (non-hydrogen) atoms. The molecule has 4 rings (SSSR count). The highest BCUT2D eigenvalue weighted by molar-refractivity contribution is 8.00. The highest BCUT2D eigenvalue weighted by Gasteiger charge is 2.34. The Hall–Kier alpha value is -3.30. The maximum Gasteiger partial charge on any atom is 0.341 e. The number of rotatable bonds is 9. The Labute approximate surface area is 244 Å². The number of methoxy groups -OCH3 is 1. The highest BCUT2D eigenvalue weighted by Crippen LogP contribution is 2.44. The lowest BCUT2D eigenvalue weighted by atomic mass is 9.72. The lowest BCUT2D eigenvalue weighted by Crippen LogP contribution is -2.26. The molecule has 9 heteroatoms. The van der Waals surface area contributed by atoms with Gasteiger partial charge in [-0.2, -0.15) is 0 Å². The zero-order chi connectivity index (χ0) is 28.9. The van der Waals surface area contributed by atoms with Crippen LogP contribution in [0.3, 0.4) is 0 Å². The summed E-state index contributed by atoms with van der Waals surface area (Å²) in [5.74, 6) is 0.244. The Balaban J connectivity index is 1.39. The van der Waals surface area contributed by atoms with Gasteiger partial charge in [-0.05, 0) is 73.4 Å². The van der Waals surface area contributed by atoms with Gasteiger partial charge in [-0.3, -0.25) is 9.59 Å². The molecule has 1 aliphatic rings. The van der Waals surface area contributed by atoms with E-state index in [2.05, 4.69) is 31.4 Å². The van der Waals surface area contributed by atoms with Gasteiger partial charge in [0, 0.05) is 15.5 Å². The van der Waals surface area contributed by atoms with Crippen LogP contribution in [-0.2, 0) is 27.2 Å². The smallest absolute Gasteiger partial charge is 0.341 e. The number of carbonyl (C=O) groups is 3. The van der Waals surface area contributed by atoms with Crippen LogP contribution in [0.4, 0.5) is 10.7 Å². The van der Waals surface area contributed by atoms with Crippen molar-refractivity contribution in [2.45, 2.75) is 57.1 Å². The van der Waals surface area contributed by atoms with Crippen molar-refractivity contribution in [2.24, 2.45) is 11.3 Å². The summed E-state index contributed by atoms with van der Waals surface area (Å²) in [7, 11) is 1.37. The zero-order valence-electron chi connectivity index (χ0n) is 23.5. The lowest BCUT2D eigenvalue weighted by molar-refractivity contribution is -0.118. The topological polar surface area (TPSA) is 93.7 Å². The monoisotopic (exact) mass is 580 g/mol. The molecule has 2 amide bonds. The number of nitrogens with one attached hydrogen (secondary N) is 2. The van der Waals surface area contributed by atoms with E-state index in [4.69, 9.17) is 9.47 Å². The lowest BCUT2D eigenvalue weighted by Gasteiger charge is -2.33. The van der Waals surface area contributed by atoms with Crippen LogP contribution in [0.15, 0.2) is 59.5 Å². The standard InChI is InChI=1S/C31H36N2O5S2/c1-19(39-23-13-9-10-21(17-23)32-26(34)18-38-22-11-7-6-8-12-22)28(35)33-29-27(30(36)37-5)24-15-14-20(31(2,3)4)16-25(24)40-29/h6-13,17,19-20H,14-16,18H2,1-5H3,(H,32,34)(H,33,35). The van der Waals surface area contributed by atoms with Gasteiger partial charge in [0.05, 0.1) is 17.9 Å². The number of hydrogen-bond donors (Lipinski definition) is 2. The molecule has 2 unspecified atom stereocenters. The second-order valence-corrected chi connectivity index (χ2v) is 13.5. The van der Waals surface area contributed by atoms with Gasteiger partial charge in [0.15, 0.2) is 6.61 Å². The predicted molar refractivity (Wildman–Crippen MR) is 162 cm³/mol. The fourth-order valence-electron chi connectivity index (χ4n) is 4.71. The van der Waals surface area contributed by atoms with Gasteiger partial charge >= 0.3 is 5.97 Å². The van der Waals surface area contributed by atoms with Crippen molar-refractivity contribution in [1.29, 1.82) is 0 Å². The van der Waals surface area contributed by atoms with Gasteiger partial charge in [0.1, 0.15) is 10.8 Å². The molecule has 1 heterocycles. The fourth-order valence-corrected chi connectivity index (χ4v) is 6.96. The van der Waals surface area contributed by atoms with Gasteiger partial charge in [0.25, 0.3) is 5.91 Å². The normalized spacial score (nSPS) is 15.5. The molecule has 0 saturated carbocycles. The van der Waals surface area contributed by atoms with Crippen molar-refractivity contribution in [3.05, 3.63) is 70.6 Å². The van der Waals surface area contributed by atoms with E-state index in [1.807, 2.05) is 43.3 Å². The molecule has 0 radical (unpaired) electrons. The summed E-state index contributed by atoms with van der Waals surface area (Å²) in [6.45, 7) is 8.46. The van der Waals surface area contributed by atoms with Crippen molar-refractivity contribution in [2.75, 3.05) is 24.4 Å². The van der Waals surface area contributed by atoms with Crippen LogP contribution in [-0.4, -0.2) is 36.8 Å². The second kappa shape index (κ2) is 12.9. The number of hydrogen-bond acceptors (Lipinski definition) is 7. The van der Waals surface area contributed by atoms with Crippen LogP contribution in [0.2, 0.25) is 0 Å². The molecule has 0 fully saturated rings. The first-order chi connectivity index (χ1) is 19.0. The molecule has 2 aromatic carbocycles. The number of para-hydroxylation sites is 1. The first-order valence-electron chi connectivity index (χ1n) is 13.3. The van der Waals surface area contributed by atoms with E-state index in [1.54, 1.807) is 18.2 Å².